The summed E-state index contributed by atoms with van der Waals surface area (Å²) < 4.78 is 9.42. The van der Waals surface area contributed by atoms with Gasteiger partial charge in [0.25, 0.3) is 0 Å². The third-order valence-corrected chi connectivity index (χ3v) is 2.08. The van der Waals surface area contributed by atoms with Gasteiger partial charge in [-0.05, 0) is 19.3 Å². The highest BCUT2D eigenvalue weighted by Gasteiger charge is 1.99. The Morgan fingerprint density at radius 2 is 1.87 bits per heavy atom. The molecule has 0 saturated heterocycles. The van der Waals surface area contributed by atoms with Gasteiger partial charge in [0.15, 0.2) is 0 Å². The van der Waals surface area contributed by atoms with Crippen molar-refractivity contribution in [1.82, 2.24) is 0 Å². The maximum absolute atomic E-state index is 10.9. The first-order valence-electron chi connectivity index (χ1n) is 4.81. The van der Waals surface area contributed by atoms with Gasteiger partial charge in [-0.25, -0.2) is 4.79 Å². The van der Waals surface area contributed by atoms with E-state index in [-0.39, 0.29) is 11.9 Å². The van der Waals surface area contributed by atoms with Crippen molar-refractivity contribution in [1.29, 1.82) is 0 Å². The Morgan fingerprint density at radius 1 is 1.20 bits per heavy atom. The second-order valence-electron chi connectivity index (χ2n) is 2.48. The number of esters is 2. The molecule has 0 atom stereocenters. The summed E-state index contributed by atoms with van der Waals surface area (Å²) in [5, 5.41) is 1.62. The van der Waals surface area contributed by atoms with Crippen LogP contribution in [0.4, 0.5) is 0 Å². The molecule has 0 aliphatic carbocycles. The molecule has 0 aromatic carbocycles. The fraction of sp³-hybridized carbons (Fsp3) is 0.600. The van der Waals surface area contributed by atoms with Gasteiger partial charge in [-0.3, -0.25) is 4.79 Å². The minimum atomic E-state index is -0.360. The highest BCUT2D eigenvalue weighted by atomic mass is 32.2. The van der Waals surface area contributed by atoms with E-state index in [1.165, 1.54) is 17.8 Å². The molecule has 0 amide bonds. The van der Waals surface area contributed by atoms with Crippen molar-refractivity contribution in [3.8, 4) is 0 Å². The van der Waals surface area contributed by atoms with Crippen LogP contribution in [-0.2, 0) is 19.1 Å². The summed E-state index contributed by atoms with van der Waals surface area (Å²) in [6, 6.07) is 0. The number of hydrogen-bond acceptors (Lipinski definition) is 5. The van der Waals surface area contributed by atoms with Gasteiger partial charge >= 0.3 is 11.9 Å². The summed E-state index contributed by atoms with van der Waals surface area (Å²) in [5.74, 6) is 0.0324. The molecule has 0 aliphatic heterocycles. The molecule has 0 unspecified atom stereocenters. The third kappa shape index (κ3) is 9.34. The third-order valence-electron chi connectivity index (χ3n) is 1.32. The summed E-state index contributed by atoms with van der Waals surface area (Å²) in [6.07, 6.45) is 1.70. The van der Waals surface area contributed by atoms with Crippen molar-refractivity contribution in [3.63, 3.8) is 0 Å². The van der Waals surface area contributed by atoms with Crippen LogP contribution in [0.25, 0.3) is 0 Å². The van der Waals surface area contributed by atoms with Gasteiger partial charge in [0.05, 0.1) is 19.6 Å². The van der Waals surface area contributed by atoms with Gasteiger partial charge in [0, 0.05) is 11.8 Å². The van der Waals surface area contributed by atoms with Crippen molar-refractivity contribution in [3.05, 3.63) is 11.5 Å². The van der Waals surface area contributed by atoms with E-state index in [2.05, 4.69) is 4.74 Å². The maximum Gasteiger partial charge on any atom is 0.331 e. The summed E-state index contributed by atoms with van der Waals surface area (Å²) in [5.41, 5.74) is 0. The topological polar surface area (TPSA) is 52.6 Å². The number of carbonyl (C=O) groups excluding carboxylic acids is 2. The molecule has 0 rings (SSSR count). The molecule has 0 aromatic heterocycles. The van der Waals surface area contributed by atoms with Gasteiger partial charge in [0.1, 0.15) is 0 Å². The number of hydrogen-bond donors (Lipinski definition) is 0. The highest BCUT2D eigenvalue weighted by Crippen LogP contribution is 2.05. The number of ether oxygens (including phenoxy) is 2. The van der Waals surface area contributed by atoms with Crippen LogP contribution in [0.15, 0.2) is 11.5 Å². The Morgan fingerprint density at radius 3 is 2.47 bits per heavy atom. The van der Waals surface area contributed by atoms with Crippen LogP contribution in [-0.4, -0.2) is 30.9 Å². The molecule has 0 fully saturated rings. The number of carbonyl (C=O) groups is 2. The average molecular weight is 232 g/mol. The van der Waals surface area contributed by atoms with E-state index in [1.54, 1.807) is 19.3 Å². The predicted octanol–water partition coefficient (Wildman–Crippen LogP) is 1.75. The smallest absolute Gasteiger partial charge is 0.331 e. The molecule has 0 aliphatic rings. The lowest BCUT2D eigenvalue weighted by Crippen LogP contribution is -2.04. The molecular formula is C10H16O4S. The first-order chi connectivity index (χ1) is 7.20. The van der Waals surface area contributed by atoms with Crippen LogP contribution in [0.5, 0.6) is 0 Å². The Hall–Kier alpha value is -0.970. The molecule has 0 radical (unpaired) electrons. The quantitative estimate of drug-likeness (QED) is 0.380. The zero-order chi connectivity index (χ0) is 11.5. The lowest BCUT2D eigenvalue weighted by Gasteiger charge is -1.99. The second kappa shape index (κ2) is 9.58. The van der Waals surface area contributed by atoms with E-state index in [9.17, 15) is 9.59 Å². The number of rotatable bonds is 7. The van der Waals surface area contributed by atoms with Crippen molar-refractivity contribution < 1.29 is 19.1 Å². The van der Waals surface area contributed by atoms with Crippen molar-refractivity contribution >= 4 is 23.7 Å². The minimum Gasteiger partial charge on any atom is -0.466 e. The van der Waals surface area contributed by atoms with Gasteiger partial charge < -0.3 is 9.47 Å². The lowest BCUT2D eigenvalue weighted by atomic mass is 10.5. The average Bonchev–Trinajstić information content (AvgIpc) is 2.18. The molecule has 0 spiro atoms. The van der Waals surface area contributed by atoms with Crippen molar-refractivity contribution in [2.45, 2.75) is 20.3 Å². The monoisotopic (exact) mass is 232 g/mol. The van der Waals surface area contributed by atoms with E-state index in [4.69, 9.17) is 4.74 Å². The van der Waals surface area contributed by atoms with E-state index in [0.29, 0.717) is 25.4 Å². The van der Waals surface area contributed by atoms with Crippen LogP contribution in [0.3, 0.4) is 0 Å². The molecule has 0 N–H and O–H groups in total. The Bertz CT molecular complexity index is 225. The van der Waals surface area contributed by atoms with Gasteiger partial charge in [0.2, 0.25) is 0 Å². The molecule has 4 nitrogen and oxygen atoms in total. The van der Waals surface area contributed by atoms with E-state index < -0.39 is 0 Å². The van der Waals surface area contributed by atoms with Crippen LogP contribution >= 0.6 is 11.8 Å². The molecular weight excluding hydrogens is 216 g/mol. The molecule has 0 heterocycles. The fourth-order valence-corrected chi connectivity index (χ4v) is 1.37. The van der Waals surface area contributed by atoms with E-state index in [0.717, 1.165) is 0 Å². The van der Waals surface area contributed by atoms with Gasteiger partial charge in [-0.15, -0.1) is 11.8 Å². The first-order valence-corrected chi connectivity index (χ1v) is 5.86. The van der Waals surface area contributed by atoms with Crippen LogP contribution in [0.1, 0.15) is 20.3 Å². The first kappa shape index (κ1) is 14.0. The second-order valence-corrected chi connectivity index (χ2v) is 3.49. The standard InChI is InChI=1S/C10H16O4S/c1-3-13-9(11)5-7-15-8-6-10(12)14-4-2/h5,7H,3-4,6,8H2,1-2H3/b7-5+. The Labute approximate surface area is 94.0 Å². The zero-order valence-electron chi connectivity index (χ0n) is 9.02. The van der Waals surface area contributed by atoms with Gasteiger partial charge in [-0.2, -0.15) is 0 Å². The van der Waals surface area contributed by atoms with Crippen LogP contribution < -0.4 is 0 Å². The van der Waals surface area contributed by atoms with E-state index >= 15 is 0 Å². The maximum atomic E-state index is 10.9. The van der Waals surface area contributed by atoms with Crippen LogP contribution in [0.2, 0.25) is 0 Å². The van der Waals surface area contributed by atoms with E-state index in [1.807, 2.05) is 0 Å². The predicted molar refractivity (Wildman–Crippen MR) is 59.5 cm³/mol. The summed E-state index contributed by atoms with van der Waals surface area (Å²) in [4.78, 5) is 21.7. The molecule has 0 saturated carbocycles. The summed E-state index contributed by atoms with van der Waals surface area (Å²) in [7, 11) is 0. The lowest BCUT2D eigenvalue weighted by molar-refractivity contribution is -0.142. The largest absolute Gasteiger partial charge is 0.466 e. The van der Waals surface area contributed by atoms with Crippen LogP contribution in [0, 0.1) is 0 Å². The number of thioether (sulfide) groups is 1. The van der Waals surface area contributed by atoms with Gasteiger partial charge in [-0.1, -0.05) is 0 Å². The Kier molecular flexibility index (Phi) is 8.96. The summed E-state index contributed by atoms with van der Waals surface area (Å²) in [6.45, 7) is 4.30. The minimum absolute atomic E-state index is 0.213. The molecule has 86 valence electrons. The fourth-order valence-electron chi connectivity index (χ4n) is 0.737. The Balaban J connectivity index is 3.45. The molecule has 0 aromatic rings. The molecule has 15 heavy (non-hydrogen) atoms. The normalized spacial score (nSPS) is 10.3. The summed E-state index contributed by atoms with van der Waals surface area (Å²) >= 11 is 1.38. The zero-order valence-corrected chi connectivity index (χ0v) is 9.84. The molecule has 0 bridgehead atoms. The van der Waals surface area contributed by atoms with Crippen molar-refractivity contribution in [2.75, 3.05) is 19.0 Å². The SMILES string of the molecule is CCOC(=O)/C=C/SCCC(=O)OCC. The van der Waals surface area contributed by atoms with Crippen molar-refractivity contribution in [2.24, 2.45) is 0 Å². The molecule has 5 heteroatoms. The highest BCUT2D eigenvalue weighted by molar-refractivity contribution is 8.02.